The molecule has 17 nitrogen and oxygen atoms in total. The molecule has 0 amide bonds. The van der Waals surface area contributed by atoms with Crippen molar-refractivity contribution in [1.29, 1.82) is 0 Å². The van der Waals surface area contributed by atoms with Crippen LogP contribution >= 0.6 is 0 Å². The largest absolute Gasteiger partial charge is 0.509 e. The molecule has 244 valence electrons. The van der Waals surface area contributed by atoms with Crippen LogP contribution in [0.15, 0.2) is 35.4 Å². The van der Waals surface area contributed by atoms with E-state index in [1.807, 2.05) is 0 Å². The van der Waals surface area contributed by atoms with Crippen molar-refractivity contribution in [3.05, 3.63) is 46.3 Å². The van der Waals surface area contributed by atoms with Gasteiger partial charge in [0.05, 0.1) is 19.3 Å². The van der Waals surface area contributed by atoms with Gasteiger partial charge in [0.1, 0.15) is 43.2 Å². The summed E-state index contributed by atoms with van der Waals surface area (Å²) in [4.78, 5) is 26.9. The minimum atomic E-state index is -1.70. The molecule has 3 aliphatic rings. The zero-order valence-electron chi connectivity index (χ0n) is 24.4. The number of aliphatic hydroxyl groups is 4. The summed E-state index contributed by atoms with van der Waals surface area (Å²) in [6, 6.07) is 5.40. The van der Waals surface area contributed by atoms with Gasteiger partial charge in [-0.2, -0.15) is 0 Å². The van der Waals surface area contributed by atoms with Crippen LogP contribution in [-0.4, -0.2) is 119 Å². The number of carbonyl (C=O) groups is 2. The van der Waals surface area contributed by atoms with Crippen molar-refractivity contribution in [1.82, 2.24) is 5.54 Å². The van der Waals surface area contributed by atoms with E-state index in [-0.39, 0.29) is 183 Å². The summed E-state index contributed by atoms with van der Waals surface area (Å²) >= 11 is 0. The summed E-state index contributed by atoms with van der Waals surface area (Å²) < 4.78 is 51.4. The summed E-state index contributed by atoms with van der Waals surface area (Å²) in [6.07, 6.45) is -15.8. The van der Waals surface area contributed by atoms with Gasteiger partial charge in [-0.1, -0.05) is 35.4 Å². The van der Waals surface area contributed by atoms with Crippen molar-refractivity contribution in [2.24, 2.45) is 5.11 Å². The van der Waals surface area contributed by atoms with Crippen LogP contribution in [0.3, 0.4) is 0 Å². The van der Waals surface area contributed by atoms with Gasteiger partial charge in [0.2, 0.25) is 0 Å². The molecule has 4 radical (unpaired) electrons. The van der Waals surface area contributed by atoms with E-state index >= 15 is 0 Å². The van der Waals surface area contributed by atoms with Gasteiger partial charge in [-0.05, 0) is 18.0 Å². The number of hydrogen-bond donors (Lipinski definition) is 5. The molecule has 3 saturated heterocycles. The topological polar surface area (TPSA) is 240 Å². The zero-order chi connectivity index (χ0) is 30.4. The molecule has 3 heterocycles. The number of esters is 1. The van der Waals surface area contributed by atoms with E-state index in [1.54, 1.807) is 30.3 Å². The predicted molar refractivity (Wildman–Crippen MR) is 131 cm³/mol. The van der Waals surface area contributed by atoms with Crippen molar-refractivity contribution < 1.29 is 244 Å². The van der Waals surface area contributed by atoms with Crippen LogP contribution in [0.25, 0.3) is 10.4 Å². The molecule has 22 heteroatoms. The van der Waals surface area contributed by atoms with Crippen LogP contribution in [0, 0.1) is 176 Å². The molecule has 5 N–H and O–H groups in total. The molecule has 0 saturated carbocycles. The maximum absolute atomic E-state index is 13.8. The Morgan fingerprint density at radius 1 is 1.02 bits per heavy atom. The predicted octanol–water partition coefficient (Wildman–Crippen LogP) is -0.898. The van der Waals surface area contributed by atoms with E-state index < -0.39 is 98.8 Å². The summed E-state index contributed by atoms with van der Waals surface area (Å²) in [5, 5.41) is 44.7. The van der Waals surface area contributed by atoms with E-state index in [2.05, 4.69) is 10.0 Å². The molecule has 0 aromatic heterocycles. The molecule has 46 heavy (non-hydrogen) atoms. The van der Waals surface area contributed by atoms with Gasteiger partial charge in [-0.3, -0.25) is 4.79 Å². The van der Waals surface area contributed by atoms with E-state index in [4.69, 9.17) is 33.2 Å². The van der Waals surface area contributed by atoms with E-state index in [0.717, 1.165) is 0 Å². The number of carbonyl (C=O) groups excluding carboxylic acids is 2. The van der Waals surface area contributed by atoms with Crippen molar-refractivity contribution in [2.45, 2.75) is 87.0 Å². The van der Waals surface area contributed by atoms with E-state index in [9.17, 15) is 40.0 Å². The second-order valence-electron chi connectivity index (χ2n) is 9.66. The van der Waals surface area contributed by atoms with Crippen molar-refractivity contribution in [3.63, 3.8) is 0 Å². The molecule has 4 rings (SSSR count). The molecule has 12 atom stereocenters. The smallest absolute Gasteiger partial charge is 0.460 e. The number of nitrogens with one attached hydrogen (secondary N) is 1. The van der Waals surface area contributed by atoms with Gasteiger partial charge < -0.3 is 53.6 Å². The summed E-state index contributed by atoms with van der Waals surface area (Å²) in [5.41, 5.74) is 11.2. The Morgan fingerprint density at radius 3 is 2.22 bits per heavy atom. The Labute approximate surface area is 405 Å². The Bertz CT molecular complexity index is 1130. The van der Waals surface area contributed by atoms with Crippen LogP contribution in [0.2, 0.25) is 0 Å². The third-order valence-corrected chi connectivity index (χ3v) is 6.97. The second-order valence-corrected chi connectivity index (χ2v) is 9.66. The Kier molecular flexibility index (Phi) is 25.4. The summed E-state index contributed by atoms with van der Waals surface area (Å²) in [5.74, 6) is -1.02. The third-order valence-electron chi connectivity index (χ3n) is 6.97. The Balaban J connectivity index is 0.00000506. The van der Waals surface area contributed by atoms with Gasteiger partial charge in [-0.15, -0.1) is 10.0 Å². The first kappa shape index (κ1) is 48.6. The fourth-order valence-electron chi connectivity index (χ4n) is 4.77. The number of rotatable bonds is 12. The normalized spacial score (nSPS) is 32.5. The number of fused-ring (bicyclic) bond motifs is 1. The van der Waals surface area contributed by atoms with Crippen LogP contribution in [0.5, 0.6) is 0 Å². The molecule has 1 aromatic carbocycles. The van der Waals surface area contributed by atoms with Crippen LogP contribution in [-0.2, 0) is 44.6 Å². The zero-order valence-corrected chi connectivity index (χ0v) is 43.4. The van der Waals surface area contributed by atoms with Crippen LogP contribution in [0.4, 0.5) is 9.28 Å². The first-order chi connectivity index (χ1) is 20.2. The van der Waals surface area contributed by atoms with Gasteiger partial charge in [-0.25, -0.2) is 4.79 Å². The standard InChI is InChI=1S/C24H31FN4O13.4Ac/c1-10(14(27-25)21(34)36-9-11-5-3-2-4-6-11)37-22-15(28-29-26)19(16(32)12(7-30)38-22)40-23-17(33)20-18(13(8-31)39-23)41-24(35)42-20;;;;/h2-6,10,12-20,22-23,27,30-33H,7-9H2,1H3;;;;/t10-,12?,13?,14+,15?,16?,17?,18?,19-,20-,22+,23+;;;;/m1..../s1. The summed E-state index contributed by atoms with van der Waals surface area (Å²) in [6.45, 7) is -0.311. The maximum Gasteiger partial charge on any atom is 0.509 e. The number of benzene rings is 1. The Hall–Kier alpha value is 2.61. The number of ether oxygens (including phenoxy) is 7. The number of aliphatic hydroxyl groups excluding tert-OH is 4. The molecule has 0 aliphatic carbocycles. The third kappa shape index (κ3) is 12.3. The monoisotopic (exact) mass is 1510 g/mol. The minimum Gasteiger partial charge on any atom is -0.460 e. The number of hydrogen-bond acceptors (Lipinski definition) is 15. The Morgan fingerprint density at radius 2 is 1.63 bits per heavy atom. The molecule has 3 aliphatic heterocycles. The SMILES string of the molecule is C[C@@H](O[C@H]1OC(CO)C(O)[C@H](O[C@@H]2OC(CO)C3OC(=O)O[C@@H]3C2O)C1N=[N+]=[N-])[C@H](NF)C(=O)OCc1ccccc1.[Ac].[Ac].[Ac].[Ac]. The number of halogens is 1. The van der Waals surface area contributed by atoms with Crippen molar-refractivity contribution in [3.8, 4) is 0 Å². The average Bonchev–Trinajstić information content (AvgIpc) is 3.39. The molecule has 6 unspecified atom stereocenters. The molecule has 3 fully saturated rings. The van der Waals surface area contributed by atoms with Crippen molar-refractivity contribution in [2.75, 3.05) is 13.2 Å². The van der Waals surface area contributed by atoms with E-state index in [1.165, 1.54) is 12.5 Å². The first-order valence-electron chi connectivity index (χ1n) is 12.9. The average molecular weight is 1510 g/mol. The first-order valence-corrected chi connectivity index (χ1v) is 12.9. The number of azide groups is 1. The van der Waals surface area contributed by atoms with Crippen molar-refractivity contribution >= 4 is 12.1 Å². The van der Waals surface area contributed by atoms with Gasteiger partial charge >= 0.3 is 12.1 Å². The molecule has 0 bridgehead atoms. The van der Waals surface area contributed by atoms with E-state index in [0.29, 0.717) is 5.56 Å². The molecule has 1 aromatic rings. The van der Waals surface area contributed by atoms with Crippen LogP contribution in [0.1, 0.15) is 12.5 Å². The number of nitrogens with zero attached hydrogens (tertiary/aromatic N) is 3. The second kappa shape index (κ2) is 24.0. The van der Waals surface area contributed by atoms with Gasteiger partial charge in [0.15, 0.2) is 30.8 Å². The quantitative estimate of drug-likeness (QED) is 0.0561. The molecular weight excluding hydrogens is 1480 g/mol. The molecular formula is C24H31Ac4FN4O13. The minimum absolute atomic E-state index is 0. The maximum atomic E-state index is 13.8. The summed E-state index contributed by atoms with van der Waals surface area (Å²) in [7, 11) is 0. The van der Waals surface area contributed by atoms with Crippen LogP contribution < -0.4 is 5.54 Å². The fourth-order valence-corrected chi connectivity index (χ4v) is 4.77. The van der Waals surface area contributed by atoms with Gasteiger partial charge in [0, 0.05) is 181 Å². The fraction of sp³-hybridized carbons (Fsp3) is 0.667. The van der Waals surface area contributed by atoms with Gasteiger partial charge in [0.25, 0.3) is 0 Å². The molecule has 0 spiro atoms.